The van der Waals surface area contributed by atoms with Gasteiger partial charge in [-0.25, -0.2) is 0 Å². The molecular weight excluding hydrogens is 357 g/mol. The van der Waals surface area contributed by atoms with Crippen LogP contribution in [0.25, 0.3) is 4.98 Å². The van der Waals surface area contributed by atoms with Crippen molar-refractivity contribution in [3.8, 4) is 0 Å². The van der Waals surface area contributed by atoms with Gasteiger partial charge >= 0.3 is 0 Å². The third-order valence-electron chi connectivity index (χ3n) is 4.98. The fraction of sp³-hybridized carbons (Fsp3) is 0.800. The molecule has 6 heteroatoms. The Labute approximate surface area is 155 Å². The molecule has 1 amide bonds. The molecule has 2 nitrogen and oxygen atoms in total. The smallest absolute Gasteiger partial charge is 0.0781 e. The molecule has 1 aliphatic rings. The van der Waals surface area contributed by atoms with Gasteiger partial charge in [-0.3, -0.25) is 0 Å². The van der Waals surface area contributed by atoms with Crippen LogP contribution >= 0.6 is 23.2 Å². The first-order valence-electron chi connectivity index (χ1n) is 7.24. The molecule has 3 atom stereocenters. The van der Waals surface area contributed by atoms with Crippen molar-refractivity contribution in [2.24, 2.45) is 5.92 Å². The standard InChI is InChI=1S/C15H27Cl2NOSi.Ti/c1-8-9-13(19)18-20(6,7)15(17)12(4)10(2)11(3)14(15,5)16;/h12H,8-9H2,1-7H3,(H,18,19);/p-1. The summed E-state index contributed by atoms with van der Waals surface area (Å²) in [6.45, 7) is 14.3. The van der Waals surface area contributed by atoms with E-state index >= 15 is 0 Å². The van der Waals surface area contributed by atoms with Crippen LogP contribution in [0.2, 0.25) is 13.1 Å². The quantitative estimate of drug-likeness (QED) is 0.364. The van der Waals surface area contributed by atoms with Crippen LogP contribution in [0.1, 0.15) is 47.5 Å². The molecule has 0 aliphatic heterocycles. The number of allylic oxidation sites excluding steroid dienone is 2. The van der Waals surface area contributed by atoms with Gasteiger partial charge in [-0.05, 0) is 41.3 Å². The minimum atomic E-state index is -2.41. The Hall–Kier alpha value is 0.721. The van der Waals surface area contributed by atoms with Crippen LogP contribution in [-0.4, -0.2) is 23.5 Å². The maximum absolute atomic E-state index is 12.0. The minimum Gasteiger partial charge on any atom is -0.655 e. The van der Waals surface area contributed by atoms with E-state index in [0.29, 0.717) is 6.42 Å². The fourth-order valence-corrected chi connectivity index (χ4v) is 8.39. The summed E-state index contributed by atoms with van der Waals surface area (Å²) >= 11 is 13.9. The molecule has 3 unspecified atom stereocenters. The summed E-state index contributed by atoms with van der Waals surface area (Å²) in [5.41, 5.74) is 2.36. The predicted molar refractivity (Wildman–Crippen MR) is 91.1 cm³/mol. The molecule has 120 valence electrons. The number of alkyl halides is 2. The van der Waals surface area contributed by atoms with Gasteiger partial charge in [-0.15, -0.1) is 23.2 Å². The fourth-order valence-electron chi connectivity index (χ4n) is 3.44. The second-order valence-electron chi connectivity index (χ2n) is 6.56. The average Bonchev–Trinajstić information content (AvgIpc) is 2.43. The zero-order valence-electron chi connectivity index (χ0n) is 14.1. The molecule has 0 radical (unpaired) electrons. The number of carbonyl (C=O) groups is 1. The van der Waals surface area contributed by atoms with E-state index in [1.807, 2.05) is 20.8 Å². The largest absolute Gasteiger partial charge is 0.655 e. The van der Waals surface area contributed by atoms with Crippen LogP contribution in [0, 0.1) is 5.92 Å². The molecule has 0 spiro atoms. The Kier molecular flexibility index (Phi) is 7.33. The molecule has 0 aromatic heterocycles. The second kappa shape index (κ2) is 7.09. The normalized spacial score (nSPS) is 32.9. The summed E-state index contributed by atoms with van der Waals surface area (Å²) in [7, 11) is -2.41. The Morgan fingerprint density at radius 1 is 1.33 bits per heavy atom. The van der Waals surface area contributed by atoms with Crippen molar-refractivity contribution in [2.75, 3.05) is 0 Å². The topological polar surface area (TPSA) is 31.2 Å². The summed E-state index contributed by atoms with van der Waals surface area (Å²) in [6.07, 6.45) is 1.30. The number of rotatable bonds is 4. The molecule has 0 fully saturated rings. The molecule has 21 heavy (non-hydrogen) atoms. The van der Waals surface area contributed by atoms with Crippen LogP contribution in [0.3, 0.4) is 0 Å². The van der Waals surface area contributed by atoms with Crippen molar-refractivity contribution in [2.45, 2.75) is 69.9 Å². The van der Waals surface area contributed by atoms with Crippen molar-refractivity contribution >= 4 is 37.3 Å². The SMILES string of the molecule is CCCC(=O)[N-][Si](C)(C)C1(Cl)C(C)C(C)=C(C)C1(C)Cl.[Ti]. The predicted octanol–water partition coefficient (Wildman–Crippen LogP) is 5.39. The van der Waals surface area contributed by atoms with E-state index in [1.54, 1.807) is 0 Å². The van der Waals surface area contributed by atoms with Crippen LogP contribution < -0.4 is 0 Å². The van der Waals surface area contributed by atoms with E-state index in [-0.39, 0.29) is 33.5 Å². The van der Waals surface area contributed by atoms with Gasteiger partial charge in [0.25, 0.3) is 0 Å². The van der Waals surface area contributed by atoms with E-state index < -0.39 is 17.6 Å². The summed E-state index contributed by atoms with van der Waals surface area (Å²) in [5, 5.41) is 0. The molecule has 0 saturated carbocycles. The first-order valence-corrected chi connectivity index (χ1v) is 10.9. The van der Waals surface area contributed by atoms with Gasteiger partial charge in [0.1, 0.15) is 0 Å². The van der Waals surface area contributed by atoms with Crippen LogP contribution in [0.4, 0.5) is 0 Å². The molecule has 1 aliphatic carbocycles. The maximum Gasteiger partial charge on any atom is 0.0781 e. The molecule has 0 bridgehead atoms. The van der Waals surface area contributed by atoms with E-state index in [0.717, 1.165) is 12.0 Å². The maximum atomic E-state index is 12.0. The van der Waals surface area contributed by atoms with Gasteiger partial charge in [0.05, 0.1) is 4.87 Å². The van der Waals surface area contributed by atoms with Gasteiger partial charge < -0.3 is 9.78 Å². The average molecular weight is 383 g/mol. The summed E-state index contributed by atoms with van der Waals surface area (Å²) in [4.78, 5) is 15.9. The first-order chi connectivity index (χ1) is 8.93. The molecule has 1 rings (SSSR count). The molecule has 0 N–H and O–H groups in total. The zero-order valence-corrected chi connectivity index (χ0v) is 18.2. The van der Waals surface area contributed by atoms with Crippen LogP contribution in [0.15, 0.2) is 11.1 Å². The van der Waals surface area contributed by atoms with Crippen molar-refractivity contribution < 1.29 is 26.5 Å². The Morgan fingerprint density at radius 3 is 2.14 bits per heavy atom. The van der Waals surface area contributed by atoms with Crippen LogP contribution in [0.5, 0.6) is 0 Å². The second-order valence-corrected chi connectivity index (χ2v) is 12.4. The van der Waals surface area contributed by atoms with E-state index in [9.17, 15) is 4.79 Å². The number of nitrogens with zero attached hydrogens (tertiary/aromatic N) is 1. The van der Waals surface area contributed by atoms with Crippen molar-refractivity contribution in [3.63, 3.8) is 0 Å². The van der Waals surface area contributed by atoms with Crippen LogP contribution in [-0.2, 0) is 26.5 Å². The number of hydrogen-bond donors (Lipinski definition) is 0. The molecule has 0 saturated heterocycles. The van der Waals surface area contributed by atoms with E-state index in [4.69, 9.17) is 23.2 Å². The van der Waals surface area contributed by atoms with Crippen molar-refractivity contribution in [1.29, 1.82) is 0 Å². The van der Waals surface area contributed by atoms with E-state index in [2.05, 4.69) is 31.9 Å². The number of carbonyl (C=O) groups excluding carboxylic acids is 1. The van der Waals surface area contributed by atoms with Gasteiger partial charge in [0.2, 0.25) is 0 Å². The van der Waals surface area contributed by atoms with Gasteiger partial charge in [-0.1, -0.05) is 44.5 Å². The third-order valence-corrected chi connectivity index (χ3v) is 11.4. The summed E-state index contributed by atoms with van der Waals surface area (Å²) in [6, 6.07) is 0. The number of hydrogen-bond acceptors (Lipinski definition) is 1. The zero-order chi connectivity index (χ0) is 15.9. The summed E-state index contributed by atoms with van der Waals surface area (Å²) < 4.78 is -0.668. The van der Waals surface area contributed by atoms with Gasteiger partial charge in [-0.2, -0.15) is 0 Å². The first kappa shape index (κ1) is 21.7. The molecule has 0 heterocycles. The van der Waals surface area contributed by atoms with Gasteiger partial charge in [0.15, 0.2) is 0 Å². The number of amides is 1. The molecule has 0 aromatic carbocycles. The Morgan fingerprint density at radius 2 is 1.81 bits per heavy atom. The summed E-state index contributed by atoms with van der Waals surface area (Å²) in [5.74, 6) is 0.0950. The molecule has 0 aromatic rings. The van der Waals surface area contributed by atoms with Crippen molar-refractivity contribution in [1.82, 2.24) is 0 Å². The minimum absolute atomic E-state index is 0. The Balaban J connectivity index is 0.00000400. The van der Waals surface area contributed by atoms with E-state index in [1.165, 1.54) is 5.57 Å². The van der Waals surface area contributed by atoms with Crippen molar-refractivity contribution in [3.05, 3.63) is 16.1 Å². The third kappa shape index (κ3) is 3.33. The van der Waals surface area contributed by atoms with Gasteiger partial charge in [0, 0.05) is 32.1 Å². The number of halogens is 2. The Bertz CT molecular complexity index is 451. The molecular formula is C15H26Cl2NOSiTi-. The monoisotopic (exact) mass is 382 g/mol.